The Morgan fingerprint density at radius 3 is 2.70 bits per heavy atom. The average Bonchev–Trinajstić information content (AvgIpc) is 3.25. The zero-order chi connectivity index (χ0) is 21.8. The van der Waals surface area contributed by atoms with E-state index in [1.165, 1.54) is 9.36 Å². The number of amides is 1. The molecule has 158 valence electrons. The molecule has 0 aliphatic carbocycles. The molecule has 30 heavy (non-hydrogen) atoms. The van der Waals surface area contributed by atoms with Crippen LogP contribution < -0.4 is 10.1 Å². The van der Waals surface area contributed by atoms with Gasteiger partial charge in [-0.25, -0.2) is 4.68 Å². The van der Waals surface area contributed by atoms with Crippen LogP contribution in [0.15, 0.2) is 30.5 Å². The Kier molecular flexibility index (Phi) is 6.58. The summed E-state index contributed by atoms with van der Waals surface area (Å²) in [5.74, 6) is 0.0656. The van der Waals surface area contributed by atoms with Gasteiger partial charge in [-0.2, -0.15) is 10.2 Å². The average molecular weight is 453 g/mol. The second-order valence-electron chi connectivity index (χ2n) is 6.34. The van der Waals surface area contributed by atoms with Gasteiger partial charge in [0.2, 0.25) is 0 Å². The van der Waals surface area contributed by atoms with E-state index in [0.717, 1.165) is 0 Å². The van der Waals surface area contributed by atoms with Gasteiger partial charge >= 0.3 is 5.69 Å². The number of aryl methyl sites for hydroxylation is 1. The van der Waals surface area contributed by atoms with Gasteiger partial charge in [0.15, 0.2) is 6.73 Å². The van der Waals surface area contributed by atoms with Gasteiger partial charge in [0.05, 0.1) is 16.5 Å². The molecule has 0 saturated carbocycles. The number of hydrogen-bond donors (Lipinski definition) is 1. The number of aromatic nitrogens is 4. The number of rotatable bonds is 8. The van der Waals surface area contributed by atoms with E-state index in [1.807, 2.05) is 0 Å². The highest BCUT2D eigenvalue weighted by molar-refractivity contribution is 6.35. The van der Waals surface area contributed by atoms with E-state index in [-0.39, 0.29) is 30.6 Å². The maximum atomic E-state index is 12.3. The number of carbonyl (C=O) groups excluding carboxylic acids is 1. The zero-order valence-corrected chi connectivity index (χ0v) is 17.6. The summed E-state index contributed by atoms with van der Waals surface area (Å²) in [6.07, 6.45) is 1.60. The lowest BCUT2D eigenvalue weighted by atomic mass is 10.3. The Morgan fingerprint density at radius 1 is 1.27 bits per heavy atom. The second-order valence-corrected chi connectivity index (χ2v) is 7.19. The van der Waals surface area contributed by atoms with Gasteiger partial charge in [-0.05, 0) is 38.1 Å². The lowest BCUT2D eigenvalue weighted by molar-refractivity contribution is -0.386. The van der Waals surface area contributed by atoms with E-state index < -0.39 is 4.92 Å². The first-order chi connectivity index (χ1) is 14.3. The number of nitrogens with one attached hydrogen (secondary N) is 1. The van der Waals surface area contributed by atoms with Gasteiger partial charge in [0, 0.05) is 17.8 Å². The lowest BCUT2D eigenvalue weighted by Gasteiger charge is -2.08. The van der Waals surface area contributed by atoms with Gasteiger partial charge in [-0.1, -0.05) is 23.2 Å². The van der Waals surface area contributed by atoms with E-state index in [1.54, 1.807) is 44.3 Å². The Labute approximate surface area is 181 Å². The summed E-state index contributed by atoms with van der Waals surface area (Å²) in [6.45, 7) is 3.79. The summed E-state index contributed by atoms with van der Waals surface area (Å²) in [4.78, 5) is 22.9. The van der Waals surface area contributed by atoms with Crippen LogP contribution in [0.1, 0.15) is 21.9 Å². The first kappa shape index (κ1) is 21.6. The molecule has 0 spiro atoms. The van der Waals surface area contributed by atoms with E-state index in [4.69, 9.17) is 27.9 Å². The largest absolute Gasteiger partial charge is 0.470 e. The molecule has 0 aliphatic rings. The summed E-state index contributed by atoms with van der Waals surface area (Å²) in [5.41, 5.74) is 0.971. The van der Waals surface area contributed by atoms with Crippen LogP contribution in [-0.4, -0.2) is 36.9 Å². The molecule has 0 radical (unpaired) electrons. The Balaban J connectivity index is 1.53. The van der Waals surface area contributed by atoms with Crippen molar-refractivity contribution in [3.05, 3.63) is 67.7 Å². The van der Waals surface area contributed by atoms with E-state index >= 15 is 0 Å². The van der Waals surface area contributed by atoms with Crippen LogP contribution >= 0.6 is 23.2 Å². The van der Waals surface area contributed by atoms with Crippen molar-refractivity contribution in [3.8, 4) is 5.75 Å². The molecule has 2 aromatic heterocycles. The zero-order valence-electron chi connectivity index (χ0n) is 16.1. The maximum absolute atomic E-state index is 12.3. The smallest absolute Gasteiger partial charge is 0.312 e. The molecule has 12 heteroatoms. The van der Waals surface area contributed by atoms with E-state index in [9.17, 15) is 14.9 Å². The molecule has 2 heterocycles. The number of nitro groups is 1. The van der Waals surface area contributed by atoms with Crippen molar-refractivity contribution in [2.75, 3.05) is 6.54 Å². The van der Waals surface area contributed by atoms with Gasteiger partial charge in [-0.15, -0.1) is 0 Å². The van der Waals surface area contributed by atoms with Crippen LogP contribution in [0.5, 0.6) is 5.75 Å². The molecule has 0 fully saturated rings. The highest BCUT2D eigenvalue weighted by Crippen LogP contribution is 2.27. The van der Waals surface area contributed by atoms with Crippen LogP contribution in [-0.2, 0) is 13.3 Å². The van der Waals surface area contributed by atoms with Crippen molar-refractivity contribution < 1.29 is 14.5 Å². The molecule has 0 bridgehead atoms. The van der Waals surface area contributed by atoms with Crippen molar-refractivity contribution in [2.45, 2.75) is 27.1 Å². The van der Waals surface area contributed by atoms with Crippen molar-refractivity contribution >= 4 is 34.8 Å². The van der Waals surface area contributed by atoms with Crippen LogP contribution in [0.2, 0.25) is 10.0 Å². The Morgan fingerprint density at radius 2 is 2.03 bits per heavy atom. The van der Waals surface area contributed by atoms with Crippen molar-refractivity contribution in [1.82, 2.24) is 24.9 Å². The normalized spacial score (nSPS) is 10.8. The van der Waals surface area contributed by atoms with Crippen LogP contribution in [0.3, 0.4) is 0 Å². The van der Waals surface area contributed by atoms with Gasteiger partial charge in [0.1, 0.15) is 22.8 Å². The van der Waals surface area contributed by atoms with Crippen molar-refractivity contribution in [2.24, 2.45) is 0 Å². The predicted molar refractivity (Wildman–Crippen MR) is 110 cm³/mol. The number of carbonyl (C=O) groups is 1. The molecule has 0 aliphatic heterocycles. The molecule has 1 aromatic carbocycles. The minimum atomic E-state index is -0.460. The predicted octanol–water partition coefficient (Wildman–Crippen LogP) is 3.38. The van der Waals surface area contributed by atoms with Crippen molar-refractivity contribution in [1.29, 1.82) is 0 Å². The maximum Gasteiger partial charge on any atom is 0.312 e. The fourth-order valence-corrected chi connectivity index (χ4v) is 3.28. The number of benzene rings is 1. The van der Waals surface area contributed by atoms with E-state index in [0.29, 0.717) is 33.7 Å². The summed E-state index contributed by atoms with van der Waals surface area (Å²) in [5, 5.41) is 22.9. The van der Waals surface area contributed by atoms with E-state index in [2.05, 4.69) is 15.5 Å². The summed E-state index contributed by atoms with van der Waals surface area (Å²) in [6, 6.07) is 6.42. The van der Waals surface area contributed by atoms with Gasteiger partial charge in [0.25, 0.3) is 5.91 Å². The fraction of sp³-hybridized carbons (Fsp3) is 0.278. The highest BCUT2D eigenvalue weighted by atomic mass is 35.5. The first-order valence-electron chi connectivity index (χ1n) is 8.84. The van der Waals surface area contributed by atoms with Gasteiger partial charge in [-0.3, -0.25) is 19.6 Å². The molecule has 1 amide bonds. The molecule has 3 aromatic rings. The molecule has 1 N–H and O–H groups in total. The van der Waals surface area contributed by atoms with Crippen LogP contribution in [0, 0.1) is 24.0 Å². The standard InChI is InChI=1S/C18H18Cl2N6O4/c1-11-17(26(28)29)12(2)25(22-11)8-6-21-18(27)15-5-7-24(23-15)10-30-16-4-3-13(19)9-14(16)20/h3-5,7,9H,6,8,10H2,1-2H3,(H,21,27). The topological polar surface area (TPSA) is 117 Å². The minimum Gasteiger partial charge on any atom is -0.470 e. The minimum absolute atomic E-state index is 0.0131. The Hall–Kier alpha value is -3.11. The third-order valence-electron chi connectivity index (χ3n) is 4.25. The fourth-order valence-electron chi connectivity index (χ4n) is 2.82. The van der Waals surface area contributed by atoms with Crippen LogP contribution in [0.25, 0.3) is 0 Å². The number of halogens is 2. The third-order valence-corrected chi connectivity index (χ3v) is 4.79. The van der Waals surface area contributed by atoms with Crippen molar-refractivity contribution in [3.63, 3.8) is 0 Å². The quantitative estimate of drug-likeness (QED) is 0.413. The molecule has 3 rings (SSSR count). The summed E-state index contributed by atoms with van der Waals surface area (Å²) >= 11 is 11.9. The summed E-state index contributed by atoms with van der Waals surface area (Å²) in [7, 11) is 0. The molecular weight excluding hydrogens is 435 g/mol. The monoisotopic (exact) mass is 452 g/mol. The summed E-state index contributed by atoms with van der Waals surface area (Å²) < 4.78 is 8.51. The number of hydrogen-bond acceptors (Lipinski definition) is 6. The molecule has 10 nitrogen and oxygen atoms in total. The molecule has 0 saturated heterocycles. The highest BCUT2D eigenvalue weighted by Gasteiger charge is 2.21. The lowest BCUT2D eigenvalue weighted by Crippen LogP contribution is -2.28. The first-order valence-corrected chi connectivity index (χ1v) is 9.59. The SMILES string of the molecule is Cc1nn(CCNC(=O)c2ccn(COc3ccc(Cl)cc3Cl)n2)c(C)c1[N+](=O)[O-]. The number of nitrogens with zero attached hydrogens (tertiary/aromatic N) is 5. The van der Waals surface area contributed by atoms with Crippen LogP contribution in [0.4, 0.5) is 5.69 Å². The van der Waals surface area contributed by atoms with Gasteiger partial charge < -0.3 is 10.1 Å². The molecule has 0 unspecified atom stereocenters. The molecule has 0 atom stereocenters. The second kappa shape index (κ2) is 9.14. The number of ether oxygens (including phenoxy) is 1. The Bertz CT molecular complexity index is 1090. The molecular formula is C18H18Cl2N6O4. The third kappa shape index (κ3) is 4.89.